The minimum Gasteiger partial charge on any atom is -0.454 e. The van der Waals surface area contributed by atoms with Gasteiger partial charge in [0.1, 0.15) is 5.69 Å². The van der Waals surface area contributed by atoms with Crippen molar-refractivity contribution < 1.29 is 14.3 Å². The maximum absolute atomic E-state index is 12.3. The Kier molecular flexibility index (Phi) is 3.27. The van der Waals surface area contributed by atoms with Crippen molar-refractivity contribution in [2.45, 2.75) is 0 Å². The van der Waals surface area contributed by atoms with Crippen molar-refractivity contribution in [2.24, 2.45) is 0 Å². The van der Waals surface area contributed by atoms with Crippen LogP contribution >= 0.6 is 0 Å². The molecule has 0 atom stereocenters. The molecule has 2 heterocycles. The molecule has 0 saturated heterocycles. The Morgan fingerprint density at radius 3 is 2.83 bits per heavy atom. The summed E-state index contributed by atoms with van der Waals surface area (Å²) in [6, 6.07) is 16.9. The molecule has 0 amide bonds. The lowest BCUT2D eigenvalue weighted by Gasteiger charge is -2.00. The van der Waals surface area contributed by atoms with E-state index < -0.39 is 0 Å². The van der Waals surface area contributed by atoms with Gasteiger partial charge in [-0.3, -0.25) is 4.79 Å². The average molecular weight is 303 g/mol. The second-order valence-electron chi connectivity index (χ2n) is 5.20. The molecule has 0 radical (unpaired) electrons. The van der Waals surface area contributed by atoms with Gasteiger partial charge in [-0.05, 0) is 35.9 Å². The number of para-hydroxylation sites is 1. The molecule has 0 N–H and O–H groups in total. The normalized spacial score (nSPS) is 12.9. The number of ketones is 1. The third kappa shape index (κ3) is 2.66. The van der Waals surface area contributed by atoms with Crippen LogP contribution in [0, 0.1) is 0 Å². The van der Waals surface area contributed by atoms with Crippen LogP contribution in [0.1, 0.15) is 16.1 Å². The monoisotopic (exact) mass is 303 g/mol. The first-order chi connectivity index (χ1) is 11.3. The van der Waals surface area contributed by atoms with Crippen LogP contribution in [0.3, 0.4) is 0 Å². The summed E-state index contributed by atoms with van der Waals surface area (Å²) in [5, 5.41) is 1.02. The summed E-state index contributed by atoms with van der Waals surface area (Å²) in [4.78, 5) is 16.7. The summed E-state index contributed by atoms with van der Waals surface area (Å²) in [5.74, 6) is 1.29. The highest BCUT2D eigenvalue weighted by Gasteiger charge is 2.12. The number of hydrogen-bond acceptors (Lipinski definition) is 4. The second-order valence-corrected chi connectivity index (χ2v) is 5.20. The smallest absolute Gasteiger partial charge is 0.231 e. The minimum atomic E-state index is -0.131. The fourth-order valence-electron chi connectivity index (χ4n) is 2.48. The number of allylic oxidation sites excluding steroid dienone is 1. The van der Waals surface area contributed by atoms with Crippen LogP contribution in [0.4, 0.5) is 0 Å². The van der Waals surface area contributed by atoms with Gasteiger partial charge in [-0.1, -0.05) is 36.4 Å². The van der Waals surface area contributed by atoms with Crippen molar-refractivity contribution in [3.63, 3.8) is 0 Å². The zero-order valence-corrected chi connectivity index (χ0v) is 12.2. The van der Waals surface area contributed by atoms with Crippen LogP contribution < -0.4 is 9.47 Å². The zero-order chi connectivity index (χ0) is 15.6. The number of nitrogens with zero attached hydrogens (tertiary/aromatic N) is 1. The number of rotatable bonds is 3. The number of carbonyl (C=O) groups excluding carboxylic acids is 1. The van der Waals surface area contributed by atoms with Gasteiger partial charge in [0, 0.05) is 5.39 Å². The molecule has 2 aromatic carbocycles. The van der Waals surface area contributed by atoms with E-state index in [0.717, 1.165) is 22.2 Å². The maximum atomic E-state index is 12.3. The molecule has 1 aliphatic rings. The topological polar surface area (TPSA) is 48.4 Å². The first kappa shape index (κ1) is 13.5. The third-order valence-corrected chi connectivity index (χ3v) is 3.67. The Morgan fingerprint density at radius 1 is 1.00 bits per heavy atom. The molecule has 0 aliphatic carbocycles. The number of pyridine rings is 1. The van der Waals surface area contributed by atoms with Gasteiger partial charge in [0.05, 0.1) is 5.52 Å². The lowest BCUT2D eigenvalue weighted by molar-refractivity contribution is 0.104. The SMILES string of the molecule is O=C(/C=C/c1ccc2c(c1)OCO2)c1ccc2ccccc2n1. The maximum Gasteiger partial charge on any atom is 0.231 e. The molecule has 4 heteroatoms. The van der Waals surface area contributed by atoms with E-state index in [-0.39, 0.29) is 12.6 Å². The molecule has 1 aliphatic heterocycles. The van der Waals surface area contributed by atoms with E-state index in [0.29, 0.717) is 11.4 Å². The molecular formula is C19H13NO3. The Hall–Kier alpha value is -3.14. The van der Waals surface area contributed by atoms with Crippen LogP contribution in [0.2, 0.25) is 0 Å². The molecule has 3 aromatic rings. The molecule has 112 valence electrons. The first-order valence-corrected chi connectivity index (χ1v) is 7.27. The van der Waals surface area contributed by atoms with Gasteiger partial charge in [0.15, 0.2) is 11.5 Å². The van der Waals surface area contributed by atoms with Gasteiger partial charge in [-0.2, -0.15) is 0 Å². The summed E-state index contributed by atoms with van der Waals surface area (Å²) in [6.07, 6.45) is 3.27. The number of aromatic nitrogens is 1. The van der Waals surface area contributed by atoms with Crippen LogP contribution in [-0.4, -0.2) is 17.6 Å². The second kappa shape index (κ2) is 5.57. The van der Waals surface area contributed by atoms with Gasteiger partial charge in [-0.25, -0.2) is 4.98 Å². The van der Waals surface area contributed by atoms with E-state index in [9.17, 15) is 4.79 Å². The average Bonchev–Trinajstić information content (AvgIpc) is 3.07. The quantitative estimate of drug-likeness (QED) is 0.544. The largest absolute Gasteiger partial charge is 0.454 e. The molecule has 0 fully saturated rings. The first-order valence-electron chi connectivity index (χ1n) is 7.27. The molecule has 0 bridgehead atoms. The van der Waals surface area contributed by atoms with Crippen LogP contribution in [0.5, 0.6) is 11.5 Å². The van der Waals surface area contributed by atoms with E-state index >= 15 is 0 Å². The summed E-state index contributed by atoms with van der Waals surface area (Å²) < 4.78 is 10.6. The summed E-state index contributed by atoms with van der Waals surface area (Å²) in [7, 11) is 0. The standard InChI is InChI=1S/C19H13NO3/c21-17(16-8-7-14-3-1-2-4-15(14)20-16)9-5-13-6-10-18-19(11-13)23-12-22-18/h1-11H,12H2/b9-5+. The molecule has 0 saturated carbocycles. The van der Waals surface area contributed by atoms with Gasteiger partial charge in [0.25, 0.3) is 0 Å². The van der Waals surface area contributed by atoms with Crippen LogP contribution in [0.15, 0.2) is 60.7 Å². The fourth-order valence-corrected chi connectivity index (χ4v) is 2.48. The van der Waals surface area contributed by atoms with E-state index in [1.54, 1.807) is 12.1 Å². The zero-order valence-electron chi connectivity index (χ0n) is 12.2. The van der Waals surface area contributed by atoms with Crippen molar-refractivity contribution in [3.05, 3.63) is 71.9 Å². The highest BCUT2D eigenvalue weighted by molar-refractivity contribution is 6.06. The van der Waals surface area contributed by atoms with Gasteiger partial charge < -0.3 is 9.47 Å². The molecule has 4 rings (SSSR count). The van der Waals surface area contributed by atoms with E-state index in [1.807, 2.05) is 48.5 Å². The van der Waals surface area contributed by atoms with Gasteiger partial charge >= 0.3 is 0 Å². The molecule has 1 aromatic heterocycles. The Morgan fingerprint density at radius 2 is 1.87 bits per heavy atom. The Bertz CT molecular complexity index is 931. The lowest BCUT2D eigenvalue weighted by atomic mass is 10.1. The van der Waals surface area contributed by atoms with Crippen molar-refractivity contribution in [1.82, 2.24) is 4.98 Å². The molecule has 0 spiro atoms. The summed E-state index contributed by atoms with van der Waals surface area (Å²) >= 11 is 0. The number of ether oxygens (including phenoxy) is 2. The van der Waals surface area contributed by atoms with E-state index in [1.165, 1.54) is 6.08 Å². The van der Waals surface area contributed by atoms with Gasteiger partial charge in [0.2, 0.25) is 12.6 Å². The highest BCUT2D eigenvalue weighted by atomic mass is 16.7. The number of hydrogen-bond donors (Lipinski definition) is 0. The predicted octanol–water partition coefficient (Wildman–Crippen LogP) is 3.86. The van der Waals surface area contributed by atoms with Gasteiger partial charge in [-0.15, -0.1) is 0 Å². The Labute approximate surface area is 133 Å². The summed E-state index contributed by atoms with van der Waals surface area (Å²) in [6.45, 7) is 0.239. The van der Waals surface area contributed by atoms with Crippen LogP contribution in [0.25, 0.3) is 17.0 Å². The van der Waals surface area contributed by atoms with Crippen molar-refractivity contribution in [2.75, 3.05) is 6.79 Å². The number of benzene rings is 2. The molecule has 4 nitrogen and oxygen atoms in total. The molecular weight excluding hydrogens is 290 g/mol. The Balaban J connectivity index is 1.58. The fraction of sp³-hybridized carbons (Fsp3) is 0.0526. The highest BCUT2D eigenvalue weighted by Crippen LogP contribution is 2.32. The molecule has 0 unspecified atom stereocenters. The number of fused-ring (bicyclic) bond motifs is 2. The third-order valence-electron chi connectivity index (χ3n) is 3.67. The summed E-state index contributed by atoms with van der Waals surface area (Å²) in [5.41, 5.74) is 2.12. The molecule has 23 heavy (non-hydrogen) atoms. The predicted molar refractivity (Wildman–Crippen MR) is 87.7 cm³/mol. The van der Waals surface area contributed by atoms with E-state index in [4.69, 9.17) is 9.47 Å². The lowest BCUT2D eigenvalue weighted by Crippen LogP contribution is -1.98. The number of carbonyl (C=O) groups is 1. The van der Waals surface area contributed by atoms with Crippen molar-refractivity contribution in [1.29, 1.82) is 0 Å². The van der Waals surface area contributed by atoms with Crippen molar-refractivity contribution in [3.8, 4) is 11.5 Å². The van der Waals surface area contributed by atoms with Crippen LogP contribution in [-0.2, 0) is 0 Å². The van der Waals surface area contributed by atoms with E-state index in [2.05, 4.69) is 4.98 Å². The minimum absolute atomic E-state index is 0.131. The van der Waals surface area contributed by atoms with Crippen molar-refractivity contribution >= 4 is 22.8 Å².